The molecule has 0 N–H and O–H groups in total. The lowest BCUT2D eigenvalue weighted by atomic mass is 9.91. The molecule has 0 radical (unpaired) electrons. The van der Waals surface area contributed by atoms with Crippen molar-refractivity contribution < 1.29 is 4.79 Å². The minimum Gasteiger partial charge on any atom is -0.298 e. The molecule has 0 spiro atoms. The van der Waals surface area contributed by atoms with Crippen LogP contribution in [0.2, 0.25) is 0 Å². The van der Waals surface area contributed by atoms with Crippen molar-refractivity contribution in [1.82, 2.24) is 19.9 Å². The summed E-state index contributed by atoms with van der Waals surface area (Å²) in [6.07, 6.45) is 6.67. The molecule has 0 saturated carbocycles. The summed E-state index contributed by atoms with van der Waals surface area (Å²) < 4.78 is 0. The topological polar surface area (TPSA) is 68.6 Å². The van der Waals surface area contributed by atoms with Gasteiger partial charge in [-0.1, -0.05) is 0 Å². The van der Waals surface area contributed by atoms with E-state index in [1.54, 1.807) is 24.8 Å². The van der Waals surface area contributed by atoms with Gasteiger partial charge in [0.25, 0.3) is 0 Å². The number of aryl methyl sites for hydroxylation is 2. The van der Waals surface area contributed by atoms with Crippen LogP contribution in [0.4, 0.5) is 0 Å². The molecule has 0 amide bonds. The number of hydrogen-bond donors (Lipinski definition) is 0. The van der Waals surface area contributed by atoms with Gasteiger partial charge in [0.05, 0.1) is 34.6 Å². The zero-order valence-corrected chi connectivity index (χ0v) is 12.2. The van der Waals surface area contributed by atoms with Gasteiger partial charge < -0.3 is 0 Å². The highest BCUT2D eigenvalue weighted by Gasteiger charge is 2.25. The van der Waals surface area contributed by atoms with Crippen molar-refractivity contribution in [3.63, 3.8) is 0 Å². The summed E-state index contributed by atoms with van der Waals surface area (Å²) in [4.78, 5) is 29.4. The van der Waals surface area contributed by atoms with Gasteiger partial charge in [-0.2, -0.15) is 0 Å². The van der Waals surface area contributed by atoms with Gasteiger partial charge in [-0.15, -0.1) is 0 Å². The molecule has 5 heteroatoms. The van der Waals surface area contributed by atoms with E-state index in [1.165, 1.54) is 0 Å². The first kappa shape index (κ1) is 14.2. The van der Waals surface area contributed by atoms with E-state index in [4.69, 9.17) is 0 Å². The number of rotatable bonds is 4. The largest absolute Gasteiger partial charge is 0.298 e. The fourth-order valence-electron chi connectivity index (χ4n) is 1.92. The molecule has 20 heavy (non-hydrogen) atoms. The molecular formula is C15H18N4O. The van der Waals surface area contributed by atoms with E-state index >= 15 is 0 Å². The molecule has 0 bridgehead atoms. The quantitative estimate of drug-likeness (QED) is 0.853. The molecule has 2 heterocycles. The number of carbonyl (C=O) groups is 1. The van der Waals surface area contributed by atoms with Gasteiger partial charge in [0, 0.05) is 24.8 Å². The van der Waals surface area contributed by atoms with Crippen molar-refractivity contribution >= 4 is 5.78 Å². The number of aromatic nitrogens is 4. The van der Waals surface area contributed by atoms with Gasteiger partial charge in [0.15, 0.2) is 0 Å². The van der Waals surface area contributed by atoms with Crippen molar-refractivity contribution in [3.8, 4) is 0 Å². The maximum atomic E-state index is 12.5. The van der Waals surface area contributed by atoms with Gasteiger partial charge in [-0.25, -0.2) is 0 Å². The fraction of sp³-hybridized carbons (Fsp3) is 0.400. The average molecular weight is 270 g/mol. The molecule has 0 saturated heterocycles. The van der Waals surface area contributed by atoms with Crippen LogP contribution in [-0.4, -0.2) is 25.7 Å². The summed E-state index contributed by atoms with van der Waals surface area (Å²) in [7, 11) is 0. The molecule has 0 aliphatic rings. The van der Waals surface area contributed by atoms with Crippen LogP contribution in [0.1, 0.15) is 48.5 Å². The number of hydrogen-bond acceptors (Lipinski definition) is 5. The van der Waals surface area contributed by atoms with Crippen LogP contribution in [0.15, 0.2) is 24.8 Å². The van der Waals surface area contributed by atoms with Crippen molar-refractivity contribution in [1.29, 1.82) is 0 Å². The second kappa shape index (κ2) is 5.86. The first-order chi connectivity index (χ1) is 9.49. The molecule has 2 aromatic rings. The van der Waals surface area contributed by atoms with Crippen molar-refractivity contribution in [3.05, 3.63) is 47.6 Å². The van der Waals surface area contributed by atoms with Crippen molar-refractivity contribution in [2.75, 3.05) is 0 Å². The molecule has 0 fully saturated rings. The Bertz CT molecular complexity index is 539. The first-order valence-electron chi connectivity index (χ1n) is 6.60. The predicted molar refractivity (Wildman–Crippen MR) is 75.4 cm³/mol. The van der Waals surface area contributed by atoms with Crippen LogP contribution >= 0.6 is 0 Å². The van der Waals surface area contributed by atoms with E-state index in [9.17, 15) is 4.79 Å². The molecule has 5 nitrogen and oxygen atoms in total. The highest BCUT2D eigenvalue weighted by Crippen LogP contribution is 2.23. The molecule has 2 aromatic heterocycles. The second-order valence-electron chi connectivity index (χ2n) is 5.01. The van der Waals surface area contributed by atoms with Crippen molar-refractivity contribution in [2.45, 2.75) is 39.5 Å². The minimum absolute atomic E-state index is 0.0707. The number of ketones is 1. The molecule has 2 unspecified atom stereocenters. The molecule has 0 aliphatic carbocycles. The SMILES string of the molecule is Cc1cnc(C(C)C(=O)C(C)c2cnc(C)cn2)cn1. The first-order valence-corrected chi connectivity index (χ1v) is 6.60. The maximum absolute atomic E-state index is 12.5. The van der Waals surface area contributed by atoms with Crippen LogP contribution in [-0.2, 0) is 4.79 Å². The van der Waals surface area contributed by atoms with Gasteiger partial charge in [0.2, 0.25) is 0 Å². The van der Waals surface area contributed by atoms with Crippen LogP contribution < -0.4 is 0 Å². The van der Waals surface area contributed by atoms with Crippen LogP contribution in [0.5, 0.6) is 0 Å². The Balaban J connectivity index is 2.17. The summed E-state index contributed by atoms with van der Waals surface area (Å²) >= 11 is 0. The Hall–Kier alpha value is -2.17. The molecule has 104 valence electrons. The Morgan fingerprint density at radius 3 is 1.50 bits per heavy atom. The maximum Gasteiger partial charge on any atom is 0.150 e. The van der Waals surface area contributed by atoms with Gasteiger partial charge in [-0.3, -0.25) is 24.7 Å². The Morgan fingerprint density at radius 1 is 0.800 bits per heavy atom. The standard InChI is InChI=1S/C15H18N4O/c1-9-5-18-13(7-16-9)11(3)15(20)12(4)14-8-17-10(2)6-19-14/h5-8,11-12H,1-4H3. The third kappa shape index (κ3) is 3.04. The summed E-state index contributed by atoms with van der Waals surface area (Å²) in [5.74, 6) is -0.538. The lowest BCUT2D eigenvalue weighted by molar-refractivity contribution is -0.121. The number of nitrogens with zero attached hydrogens (tertiary/aromatic N) is 4. The zero-order valence-electron chi connectivity index (χ0n) is 12.2. The van der Waals surface area contributed by atoms with Gasteiger partial charge in [-0.05, 0) is 27.7 Å². The fourth-order valence-corrected chi connectivity index (χ4v) is 1.92. The Labute approximate surface area is 118 Å². The summed E-state index contributed by atoms with van der Waals surface area (Å²) in [6, 6.07) is 0. The summed E-state index contributed by atoms with van der Waals surface area (Å²) in [5.41, 5.74) is 3.05. The second-order valence-corrected chi connectivity index (χ2v) is 5.01. The highest BCUT2D eigenvalue weighted by molar-refractivity contribution is 5.90. The zero-order chi connectivity index (χ0) is 14.7. The molecular weight excluding hydrogens is 252 g/mol. The van der Waals surface area contributed by atoms with E-state index < -0.39 is 0 Å². The van der Waals surface area contributed by atoms with Crippen LogP contribution in [0.25, 0.3) is 0 Å². The van der Waals surface area contributed by atoms with Gasteiger partial charge >= 0.3 is 0 Å². The van der Waals surface area contributed by atoms with E-state index in [1.807, 2.05) is 27.7 Å². The normalized spacial score (nSPS) is 13.8. The van der Waals surface area contributed by atoms with E-state index in [0.29, 0.717) is 11.4 Å². The minimum atomic E-state index is -0.304. The molecule has 0 aromatic carbocycles. The van der Waals surface area contributed by atoms with E-state index in [-0.39, 0.29) is 17.6 Å². The number of carbonyl (C=O) groups excluding carboxylic acids is 1. The van der Waals surface area contributed by atoms with Crippen LogP contribution in [0.3, 0.4) is 0 Å². The lowest BCUT2D eigenvalue weighted by Gasteiger charge is -2.15. The Morgan fingerprint density at radius 2 is 1.20 bits per heavy atom. The average Bonchev–Trinajstić information content (AvgIpc) is 2.46. The highest BCUT2D eigenvalue weighted by atomic mass is 16.1. The van der Waals surface area contributed by atoms with Crippen molar-refractivity contribution in [2.24, 2.45) is 0 Å². The monoisotopic (exact) mass is 270 g/mol. The van der Waals surface area contributed by atoms with Crippen LogP contribution in [0, 0.1) is 13.8 Å². The molecule has 2 atom stereocenters. The molecule has 2 rings (SSSR count). The number of Topliss-reactive ketones (excluding diaryl/α,β-unsaturated/α-hetero) is 1. The summed E-state index contributed by atoms with van der Waals surface area (Å²) in [6.45, 7) is 7.43. The van der Waals surface area contributed by atoms with E-state index in [2.05, 4.69) is 19.9 Å². The smallest absolute Gasteiger partial charge is 0.150 e. The molecule has 0 aliphatic heterocycles. The Kier molecular flexibility index (Phi) is 4.17. The van der Waals surface area contributed by atoms with Gasteiger partial charge in [0.1, 0.15) is 5.78 Å². The summed E-state index contributed by atoms with van der Waals surface area (Å²) in [5, 5.41) is 0. The third-order valence-corrected chi connectivity index (χ3v) is 3.34. The predicted octanol–water partition coefficient (Wildman–Crippen LogP) is 2.36. The lowest BCUT2D eigenvalue weighted by Crippen LogP contribution is -2.18. The third-order valence-electron chi connectivity index (χ3n) is 3.34. The van der Waals surface area contributed by atoms with E-state index in [0.717, 1.165) is 11.4 Å².